The predicted octanol–water partition coefficient (Wildman–Crippen LogP) is 0.187. The van der Waals surface area contributed by atoms with Gasteiger partial charge in [0.25, 0.3) is 0 Å². The van der Waals surface area contributed by atoms with Gasteiger partial charge in [-0.25, -0.2) is 0 Å². The number of carbonyl (C=O) groups is 1. The Kier molecular flexibility index (Phi) is 4.90. The summed E-state index contributed by atoms with van der Waals surface area (Å²) in [6, 6.07) is 0. The summed E-state index contributed by atoms with van der Waals surface area (Å²) in [7, 11) is 3.59. The minimum atomic E-state index is -0.109. The number of carbonyl (C=O) groups excluding carboxylic acids is 1. The largest absolute Gasteiger partial charge is 0.469 e. The average molecular weight is 200 g/mol. The Balaban J connectivity index is 2.20. The first-order valence-corrected chi connectivity index (χ1v) is 5.20. The van der Waals surface area contributed by atoms with Crippen LogP contribution in [0.15, 0.2) is 0 Å². The summed E-state index contributed by atoms with van der Waals surface area (Å²) in [6.07, 6.45) is 1.71. The van der Waals surface area contributed by atoms with E-state index in [-0.39, 0.29) is 5.97 Å². The summed E-state index contributed by atoms with van der Waals surface area (Å²) in [6.45, 7) is 5.26. The van der Waals surface area contributed by atoms with Crippen LogP contribution in [-0.2, 0) is 9.53 Å². The first-order chi connectivity index (χ1) is 6.72. The Labute approximate surface area is 85.8 Å². The number of rotatable bonds is 3. The molecule has 0 aromatic heterocycles. The Bertz CT molecular complexity index is 185. The molecule has 1 heterocycles. The SMILES string of the molecule is COC(=O)CCN1CCCN(C)CC1. The van der Waals surface area contributed by atoms with E-state index in [1.807, 2.05) is 0 Å². The van der Waals surface area contributed by atoms with E-state index < -0.39 is 0 Å². The zero-order valence-corrected chi connectivity index (χ0v) is 9.16. The third-order valence-corrected chi connectivity index (χ3v) is 2.67. The number of hydrogen-bond donors (Lipinski definition) is 0. The van der Waals surface area contributed by atoms with Crippen LogP contribution >= 0.6 is 0 Å². The number of nitrogens with zero attached hydrogens (tertiary/aromatic N) is 2. The van der Waals surface area contributed by atoms with E-state index in [9.17, 15) is 4.79 Å². The topological polar surface area (TPSA) is 32.8 Å². The van der Waals surface area contributed by atoms with Crippen molar-refractivity contribution in [3.63, 3.8) is 0 Å². The molecule has 0 spiro atoms. The van der Waals surface area contributed by atoms with Gasteiger partial charge < -0.3 is 14.5 Å². The first-order valence-electron chi connectivity index (χ1n) is 5.20. The standard InChI is InChI=1S/C10H20N2O2/c1-11-5-3-6-12(9-8-11)7-4-10(13)14-2/h3-9H2,1-2H3. The number of hydrogen-bond acceptors (Lipinski definition) is 4. The minimum Gasteiger partial charge on any atom is -0.469 e. The molecule has 0 aromatic carbocycles. The second kappa shape index (κ2) is 5.98. The van der Waals surface area contributed by atoms with E-state index in [1.54, 1.807) is 0 Å². The molecule has 0 aromatic rings. The van der Waals surface area contributed by atoms with E-state index in [0.29, 0.717) is 6.42 Å². The molecule has 0 N–H and O–H groups in total. The Morgan fingerprint density at radius 3 is 2.79 bits per heavy atom. The molecule has 14 heavy (non-hydrogen) atoms. The van der Waals surface area contributed by atoms with Crippen LogP contribution in [0.2, 0.25) is 0 Å². The summed E-state index contributed by atoms with van der Waals surface area (Å²) >= 11 is 0. The van der Waals surface area contributed by atoms with Crippen LogP contribution in [0.3, 0.4) is 0 Å². The van der Waals surface area contributed by atoms with Gasteiger partial charge in [-0.05, 0) is 26.6 Å². The van der Waals surface area contributed by atoms with Gasteiger partial charge in [-0.15, -0.1) is 0 Å². The normalized spacial score (nSPS) is 20.4. The third kappa shape index (κ3) is 4.07. The van der Waals surface area contributed by atoms with E-state index >= 15 is 0 Å². The maximum absolute atomic E-state index is 10.9. The van der Waals surface area contributed by atoms with Crippen molar-refractivity contribution in [1.29, 1.82) is 0 Å². The van der Waals surface area contributed by atoms with Crippen molar-refractivity contribution in [3.05, 3.63) is 0 Å². The van der Waals surface area contributed by atoms with Crippen molar-refractivity contribution in [2.24, 2.45) is 0 Å². The molecule has 0 radical (unpaired) electrons. The fraction of sp³-hybridized carbons (Fsp3) is 0.900. The molecular weight excluding hydrogens is 180 g/mol. The predicted molar refractivity (Wildman–Crippen MR) is 55.2 cm³/mol. The second-order valence-corrected chi connectivity index (χ2v) is 3.82. The highest BCUT2D eigenvalue weighted by Crippen LogP contribution is 2.01. The molecule has 82 valence electrons. The summed E-state index contributed by atoms with van der Waals surface area (Å²) < 4.78 is 4.62. The van der Waals surface area contributed by atoms with Gasteiger partial charge >= 0.3 is 5.97 Å². The van der Waals surface area contributed by atoms with Gasteiger partial charge in [-0.3, -0.25) is 4.79 Å². The maximum Gasteiger partial charge on any atom is 0.306 e. The number of ether oxygens (including phenoxy) is 1. The van der Waals surface area contributed by atoms with Crippen molar-refractivity contribution in [1.82, 2.24) is 9.80 Å². The molecule has 0 amide bonds. The van der Waals surface area contributed by atoms with E-state index in [0.717, 1.165) is 32.7 Å². The molecule has 1 rings (SSSR count). The van der Waals surface area contributed by atoms with Gasteiger partial charge in [-0.1, -0.05) is 0 Å². The number of methoxy groups -OCH3 is 1. The van der Waals surface area contributed by atoms with E-state index in [2.05, 4.69) is 21.6 Å². The van der Waals surface area contributed by atoms with Gasteiger partial charge in [0.1, 0.15) is 0 Å². The van der Waals surface area contributed by atoms with Gasteiger partial charge in [0.2, 0.25) is 0 Å². The van der Waals surface area contributed by atoms with Gasteiger partial charge in [0.05, 0.1) is 13.5 Å². The third-order valence-electron chi connectivity index (χ3n) is 2.67. The lowest BCUT2D eigenvalue weighted by atomic mass is 10.3. The number of esters is 1. The molecule has 0 unspecified atom stereocenters. The molecule has 0 atom stereocenters. The van der Waals surface area contributed by atoms with Crippen LogP contribution in [0.4, 0.5) is 0 Å². The molecule has 1 aliphatic heterocycles. The molecule has 1 fully saturated rings. The molecular formula is C10H20N2O2. The van der Waals surface area contributed by atoms with Gasteiger partial charge in [0.15, 0.2) is 0 Å². The lowest BCUT2D eigenvalue weighted by Gasteiger charge is -2.18. The highest BCUT2D eigenvalue weighted by Gasteiger charge is 2.12. The summed E-state index contributed by atoms with van der Waals surface area (Å²) in [5.41, 5.74) is 0. The average Bonchev–Trinajstić information content (AvgIpc) is 2.39. The summed E-state index contributed by atoms with van der Waals surface area (Å²) in [5.74, 6) is -0.109. The van der Waals surface area contributed by atoms with Gasteiger partial charge in [-0.2, -0.15) is 0 Å². The fourth-order valence-corrected chi connectivity index (χ4v) is 1.68. The highest BCUT2D eigenvalue weighted by molar-refractivity contribution is 5.69. The molecule has 0 bridgehead atoms. The smallest absolute Gasteiger partial charge is 0.306 e. The van der Waals surface area contributed by atoms with Crippen LogP contribution in [0.5, 0.6) is 0 Å². The Morgan fingerprint density at radius 2 is 2.07 bits per heavy atom. The van der Waals surface area contributed by atoms with Crippen molar-refractivity contribution in [3.8, 4) is 0 Å². The highest BCUT2D eigenvalue weighted by atomic mass is 16.5. The maximum atomic E-state index is 10.9. The summed E-state index contributed by atoms with van der Waals surface area (Å²) in [4.78, 5) is 15.6. The zero-order chi connectivity index (χ0) is 10.4. The van der Waals surface area contributed by atoms with Crippen LogP contribution in [-0.4, -0.2) is 62.7 Å². The fourth-order valence-electron chi connectivity index (χ4n) is 1.68. The Morgan fingerprint density at radius 1 is 1.29 bits per heavy atom. The van der Waals surface area contributed by atoms with Crippen molar-refractivity contribution >= 4 is 5.97 Å². The first kappa shape index (κ1) is 11.5. The van der Waals surface area contributed by atoms with Crippen molar-refractivity contribution < 1.29 is 9.53 Å². The van der Waals surface area contributed by atoms with Gasteiger partial charge in [0, 0.05) is 19.6 Å². The van der Waals surface area contributed by atoms with Crippen molar-refractivity contribution in [2.45, 2.75) is 12.8 Å². The molecule has 4 heteroatoms. The lowest BCUT2D eigenvalue weighted by Crippen LogP contribution is -2.30. The quantitative estimate of drug-likeness (QED) is 0.609. The second-order valence-electron chi connectivity index (χ2n) is 3.82. The molecule has 1 saturated heterocycles. The molecule has 4 nitrogen and oxygen atoms in total. The molecule has 1 aliphatic rings. The van der Waals surface area contributed by atoms with Crippen LogP contribution < -0.4 is 0 Å². The minimum absolute atomic E-state index is 0.109. The van der Waals surface area contributed by atoms with Crippen LogP contribution in [0.25, 0.3) is 0 Å². The number of likely N-dealkylation sites (N-methyl/N-ethyl adjacent to an activating group) is 1. The van der Waals surface area contributed by atoms with Crippen molar-refractivity contribution in [2.75, 3.05) is 46.9 Å². The summed E-state index contributed by atoms with van der Waals surface area (Å²) in [5, 5.41) is 0. The monoisotopic (exact) mass is 200 g/mol. The Hall–Kier alpha value is -0.610. The van der Waals surface area contributed by atoms with E-state index in [4.69, 9.17) is 0 Å². The van der Waals surface area contributed by atoms with Crippen LogP contribution in [0, 0.1) is 0 Å². The van der Waals surface area contributed by atoms with E-state index in [1.165, 1.54) is 13.5 Å². The zero-order valence-electron chi connectivity index (χ0n) is 9.16. The lowest BCUT2D eigenvalue weighted by molar-refractivity contribution is -0.140. The van der Waals surface area contributed by atoms with Crippen LogP contribution in [0.1, 0.15) is 12.8 Å². The molecule has 0 saturated carbocycles. The molecule has 0 aliphatic carbocycles.